The molecule has 0 aliphatic rings. The molecule has 0 atom stereocenters. The first-order chi connectivity index (χ1) is 7.97. The fraction of sp³-hybridized carbons (Fsp3) is 0.231. The number of carbonyl (C=O) groups excluding carboxylic acids is 1. The molecular weight excluding hydrogens is 220 g/mol. The van der Waals surface area contributed by atoms with Gasteiger partial charge in [0, 0.05) is 5.56 Å². The Morgan fingerprint density at radius 3 is 2.53 bits per heavy atom. The lowest BCUT2D eigenvalue weighted by Gasteiger charge is -2.08. The van der Waals surface area contributed by atoms with Crippen LogP contribution in [0.4, 0.5) is 0 Å². The summed E-state index contributed by atoms with van der Waals surface area (Å²) in [5.74, 6) is 0.284. The number of phenolic OH excluding ortho intramolecular Hbond substituents is 1. The van der Waals surface area contributed by atoms with Gasteiger partial charge in [-0.25, -0.2) is 0 Å². The topological polar surface area (TPSA) is 67.5 Å². The van der Waals surface area contributed by atoms with E-state index in [1.807, 2.05) is 0 Å². The molecule has 2 aromatic rings. The maximum Gasteiger partial charge on any atom is 0.196 e. The summed E-state index contributed by atoms with van der Waals surface area (Å²) in [6.45, 7) is 5.03. The van der Waals surface area contributed by atoms with Crippen LogP contribution in [-0.2, 0) is 0 Å². The third-order valence-corrected chi connectivity index (χ3v) is 2.96. The predicted molar refractivity (Wildman–Crippen MR) is 63.7 cm³/mol. The molecule has 2 rings (SSSR count). The third kappa shape index (κ3) is 1.53. The van der Waals surface area contributed by atoms with Crippen LogP contribution in [0.25, 0.3) is 11.0 Å². The molecule has 17 heavy (non-hydrogen) atoms. The highest BCUT2D eigenvalue weighted by atomic mass is 16.3. The van der Waals surface area contributed by atoms with Crippen molar-refractivity contribution in [2.45, 2.75) is 20.8 Å². The van der Waals surface area contributed by atoms with E-state index < -0.39 is 0 Å². The molecule has 1 heterocycles. The molecule has 0 aliphatic heterocycles. The molecule has 1 N–H and O–H groups in total. The summed E-state index contributed by atoms with van der Waals surface area (Å²) >= 11 is 0. The maximum absolute atomic E-state index is 12.1. The number of aldehydes is 1. The van der Waals surface area contributed by atoms with Crippen molar-refractivity contribution in [1.29, 1.82) is 0 Å². The second-order valence-corrected chi connectivity index (χ2v) is 4.06. The lowest BCUT2D eigenvalue weighted by molar-refractivity contribution is 0.112. The van der Waals surface area contributed by atoms with Crippen LogP contribution in [-0.4, -0.2) is 11.4 Å². The van der Waals surface area contributed by atoms with Gasteiger partial charge in [0.2, 0.25) is 0 Å². The van der Waals surface area contributed by atoms with Gasteiger partial charge in [-0.15, -0.1) is 0 Å². The van der Waals surface area contributed by atoms with Gasteiger partial charge in [0.15, 0.2) is 17.3 Å². The summed E-state index contributed by atoms with van der Waals surface area (Å²) in [6.07, 6.45) is 0.495. The molecule has 4 nitrogen and oxygen atoms in total. The summed E-state index contributed by atoms with van der Waals surface area (Å²) in [6, 6.07) is 1.40. The van der Waals surface area contributed by atoms with Gasteiger partial charge in [-0.2, -0.15) is 0 Å². The molecule has 0 radical (unpaired) electrons. The van der Waals surface area contributed by atoms with Crippen molar-refractivity contribution in [3.63, 3.8) is 0 Å². The van der Waals surface area contributed by atoms with E-state index in [0.29, 0.717) is 28.6 Å². The normalized spacial score (nSPS) is 10.8. The van der Waals surface area contributed by atoms with Crippen molar-refractivity contribution < 1.29 is 14.3 Å². The van der Waals surface area contributed by atoms with Gasteiger partial charge in [-0.3, -0.25) is 9.59 Å². The number of carbonyl (C=O) groups is 1. The molecule has 0 saturated heterocycles. The number of fused-ring (bicyclic) bond motifs is 1. The lowest BCUT2D eigenvalue weighted by atomic mass is 10.0. The first-order valence-electron chi connectivity index (χ1n) is 5.19. The van der Waals surface area contributed by atoms with Crippen molar-refractivity contribution in [3.8, 4) is 5.75 Å². The van der Waals surface area contributed by atoms with E-state index >= 15 is 0 Å². The SMILES string of the molecule is Cc1oc2c(C=O)c(O)cc(C)c2c(=O)c1C. The minimum absolute atomic E-state index is 0.0193. The van der Waals surface area contributed by atoms with E-state index in [4.69, 9.17) is 4.42 Å². The molecule has 0 saturated carbocycles. The zero-order valence-electron chi connectivity index (χ0n) is 9.83. The third-order valence-electron chi connectivity index (χ3n) is 2.96. The van der Waals surface area contributed by atoms with Crippen LogP contribution in [0.5, 0.6) is 5.75 Å². The molecule has 0 unspecified atom stereocenters. The second-order valence-electron chi connectivity index (χ2n) is 4.06. The Morgan fingerprint density at radius 1 is 1.29 bits per heavy atom. The minimum atomic E-state index is -0.170. The molecular formula is C13H12O4. The first-order valence-corrected chi connectivity index (χ1v) is 5.19. The molecule has 88 valence electrons. The summed E-state index contributed by atoms with van der Waals surface area (Å²) in [5.41, 5.74) is 1.13. The molecule has 1 aromatic heterocycles. The van der Waals surface area contributed by atoms with Gasteiger partial charge in [0.25, 0.3) is 0 Å². The highest BCUT2D eigenvalue weighted by Gasteiger charge is 2.16. The molecule has 0 spiro atoms. The Morgan fingerprint density at radius 2 is 1.94 bits per heavy atom. The van der Waals surface area contributed by atoms with Crippen molar-refractivity contribution >= 4 is 17.3 Å². The summed E-state index contributed by atoms with van der Waals surface area (Å²) in [5, 5.41) is 10.0. The van der Waals surface area contributed by atoms with Gasteiger partial charge in [0.1, 0.15) is 11.5 Å². The fourth-order valence-corrected chi connectivity index (χ4v) is 1.86. The molecule has 4 heteroatoms. The first kappa shape index (κ1) is 11.4. The van der Waals surface area contributed by atoms with Crippen LogP contribution in [0.2, 0.25) is 0 Å². The van der Waals surface area contributed by atoms with Gasteiger partial charge in [0.05, 0.1) is 10.9 Å². The molecule has 0 amide bonds. The number of hydrogen-bond acceptors (Lipinski definition) is 4. The van der Waals surface area contributed by atoms with Crippen LogP contribution in [0.15, 0.2) is 15.3 Å². The van der Waals surface area contributed by atoms with Gasteiger partial charge in [-0.05, 0) is 32.4 Å². The average molecular weight is 232 g/mol. The Balaban J connectivity index is 3.15. The zero-order chi connectivity index (χ0) is 12.7. The number of aromatic hydroxyl groups is 1. The van der Waals surface area contributed by atoms with Crippen molar-refractivity contribution in [2.75, 3.05) is 0 Å². The maximum atomic E-state index is 12.1. The molecule has 0 bridgehead atoms. The second kappa shape index (κ2) is 3.73. The number of phenols is 1. The van der Waals surface area contributed by atoms with Gasteiger partial charge >= 0.3 is 0 Å². The van der Waals surface area contributed by atoms with Crippen LogP contribution in [0.3, 0.4) is 0 Å². The average Bonchev–Trinajstić information content (AvgIpc) is 2.25. The molecule has 0 aliphatic carbocycles. The quantitative estimate of drug-likeness (QED) is 0.765. The largest absolute Gasteiger partial charge is 0.507 e. The Bertz CT molecular complexity index is 680. The standard InChI is InChI=1S/C13H12O4/c1-6-4-10(15)9(5-14)13-11(6)12(16)7(2)8(3)17-13/h4-5,15H,1-3H3. The Labute approximate surface area is 97.5 Å². The van der Waals surface area contributed by atoms with E-state index in [1.54, 1.807) is 20.8 Å². The van der Waals surface area contributed by atoms with Crippen molar-refractivity contribution in [1.82, 2.24) is 0 Å². The van der Waals surface area contributed by atoms with Crippen molar-refractivity contribution in [3.05, 3.63) is 38.7 Å². The Kier molecular flexibility index (Phi) is 2.50. The minimum Gasteiger partial charge on any atom is -0.507 e. The fourth-order valence-electron chi connectivity index (χ4n) is 1.86. The highest BCUT2D eigenvalue weighted by Crippen LogP contribution is 2.28. The van der Waals surface area contributed by atoms with E-state index in [-0.39, 0.29) is 22.3 Å². The summed E-state index contributed by atoms with van der Waals surface area (Å²) < 4.78 is 5.47. The molecule has 0 fully saturated rings. The van der Waals surface area contributed by atoms with E-state index in [2.05, 4.69) is 0 Å². The van der Waals surface area contributed by atoms with E-state index in [1.165, 1.54) is 6.07 Å². The number of benzene rings is 1. The smallest absolute Gasteiger partial charge is 0.196 e. The Hall–Kier alpha value is -2.10. The van der Waals surface area contributed by atoms with E-state index in [9.17, 15) is 14.7 Å². The zero-order valence-corrected chi connectivity index (χ0v) is 9.83. The van der Waals surface area contributed by atoms with E-state index in [0.717, 1.165) is 0 Å². The molecule has 1 aromatic carbocycles. The summed E-state index contributed by atoms with van der Waals surface area (Å²) in [4.78, 5) is 23.0. The van der Waals surface area contributed by atoms with Gasteiger partial charge < -0.3 is 9.52 Å². The van der Waals surface area contributed by atoms with Crippen LogP contribution >= 0.6 is 0 Å². The highest BCUT2D eigenvalue weighted by molar-refractivity contribution is 5.98. The van der Waals surface area contributed by atoms with Crippen LogP contribution in [0, 0.1) is 20.8 Å². The summed E-state index contributed by atoms with van der Waals surface area (Å²) in [7, 11) is 0. The van der Waals surface area contributed by atoms with Gasteiger partial charge in [-0.1, -0.05) is 0 Å². The number of aryl methyl sites for hydroxylation is 2. The monoisotopic (exact) mass is 232 g/mol. The number of hydrogen-bond donors (Lipinski definition) is 1. The predicted octanol–water partition coefficient (Wildman–Crippen LogP) is 2.24. The lowest BCUT2D eigenvalue weighted by Crippen LogP contribution is -2.09. The van der Waals surface area contributed by atoms with Crippen molar-refractivity contribution in [2.24, 2.45) is 0 Å². The van der Waals surface area contributed by atoms with Crippen LogP contribution in [0.1, 0.15) is 27.2 Å². The number of rotatable bonds is 1. The van der Waals surface area contributed by atoms with Crippen LogP contribution < -0.4 is 5.43 Å².